The molecule has 0 unspecified atom stereocenters. The second-order valence-electron chi connectivity index (χ2n) is 8.54. The van der Waals surface area contributed by atoms with E-state index < -0.39 is 36.5 Å². The number of nitrogens with zero attached hydrogens (tertiary/aromatic N) is 2. The second-order valence-corrected chi connectivity index (χ2v) is 8.54. The van der Waals surface area contributed by atoms with Crippen molar-refractivity contribution in [2.45, 2.75) is 51.6 Å². The molecule has 3 rings (SSSR count). The summed E-state index contributed by atoms with van der Waals surface area (Å²) in [5, 5.41) is 15.0. The summed E-state index contributed by atoms with van der Waals surface area (Å²) < 4.78 is 42.0. The number of ether oxygens (including phenoxy) is 1. The summed E-state index contributed by atoms with van der Waals surface area (Å²) in [6.07, 6.45) is -3.29. The van der Waals surface area contributed by atoms with Crippen molar-refractivity contribution in [3.05, 3.63) is 30.0 Å². The molecule has 2 heterocycles. The molecule has 35 heavy (non-hydrogen) atoms. The number of nitrogens with one attached hydrogen (secondary N) is 3. The lowest BCUT2D eigenvalue weighted by atomic mass is 9.91. The van der Waals surface area contributed by atoms with Gasteiger partial charge in [0.1, 0.15) is 17.5 Å². The molecule has 3 N–H and O–H groups in total. The second kappa shape index (κ2) is 10.7. The molecule has 0 bridgehead atoms. The molecule has 9 nitrogen and oxygen atoms in total. The number of carbonyl (C=O) groups is 3. The van der Waals surface area contributed by atoms with Gasteiger partial charge in [-0.1, -0.05) is 6.07 Å². The maximum atomic E-state index is 12.9. The number of aromatic amines is 1. The van der Waals surface area contributed by atoms with Crippen molar-refractivity contribution in [1.82, 2.24) is 20.5 Å². The quantitative estimate of drug-likeness (QED) is 0.521. The fourth-order valence-corrected chi connectivity index (χ4v) is 4.19. The predicted octanol–water partition coefficient (Wildman–Crippen LogP) is 2.84. The van der Waals surface area contributed by atoms with Crippen LogP contribution in [0.3, 0.4) is 0 Å². The monoisotopic (exact) mass is 493 g/mol. The molecule has 0 saturated carbocycles. The first kappa shape index (κ1) is 25.9. The number of halogens is 3. The summed E-state index contributed by atoms with van der Waals surface area (Å²) in [6.45, 7) is 3.60. The van der Waals surface area contributed by atoms with Gasteiger partial charge in [0.15, 0.2) is 0 Å². The van der Waals surface area contributed by atoms with Crippen LogP contribution in [0.4, 0.5) is 13.2 Å². The molecule has 0 aliphatic carbocycles. The number of H-pyrrole nitrogens is 1. The molecule has 188 valence electrons. The highest BCUT2D eigenvalue weighted by atomic mass is 19.4. The van der Waals surface area contributed by atoms with E-state index in [1.54, 1.807) is 13.8 Å². The van der Waals surface area contributed by atoms with Gasteiger partial charge in [-0.3, -0.25) is 14.4 Å². The van der Waals surface area contributed by atoms with Crippen LogP contribution >= 0.6 is 0 Å². The number of hydrogen-bond acceptors (Lipinski definition) is 5. The Hall–Kier alpha value is -3.75. The van der Waals surface area contributed by atoms with Crippen LogP contribution in [0.25, 0.3) is 10.9 Å². The van der Waals surface area contributed by atoms with Crippen molar-refractivity contribution in [3.63, 3.8) is 0 Å². The van der Waals surface area contributed by atoms with E-state index in [0.29, 0.717) is 13.0 Å². The van der Waals surface area contributed by atoms with Gasteiger partial charge in [0.25, 0.3) is 5.91 Å². The third kappa shape index (κ3) is 6.44. The van der Waals surface area contributed by atoms with Crippen LogP contribution in [0.5, 0.6) is 5.75 Å². The Morgan fingerprint density at radius 1 is 1.34 bits per heavy atom. The van der Waals surface area contributed by atoms with E-state index in [1.807, 2.05) is 0 Å². The first-order valence-electron chi connectivity index (χ1n) is 11.1. The Bertz CT molecular complexity index is 1140. The summed E-state index contributed by atoms with van der Waals surface area (Å²) in [7, 11) is 0. The zero-order valence-corrected chi connectivity index (χ0v) is 19.2. The molecule has 2 aromatic rings. The molecule has 1 fully saturated rings. The maximum Gasteiger partial charge on any atom is 0.573 e. The van der Waals surface area contributed by atoms with E-state index >= 15 is 0 Å². The van der Waals surface area contributed by atoms with E-state index in [9.17, 15) is 32.8 Å². The predicted molar refractivity (Wildman–Crippen MR) is 119 cm³/mol. The first-order chi connectivity index (χ1) is 16.5. The molecule has 0 radical (unpaired) electrons. The Morgan fingerprint density at radius 3 is 2.71 bits per heavy atom. The van der Waals surface area contributed by atoms with Crippen LogP contribution in [0, 0.1) is 17.2 Å². The molecule has 1 aromatic heterocycles. The average molecular weight is 493 g/mol. The van der Waals surface area contributed by atoms with E-state index in [0.717, 1.165) is 12.5 Å². The maximum absolute atomic E-state index is 12.9. The van der Waals surface area contributed by atoms with E-state index in [2.05, 4.69) is 26.4 Å². The lowest BCUT2D eigenvalue weighted by Gasteiger charge is -2.33. The van der Waals surface area contributed by atoms with E-state index in [-0.39, 0.29) is 40.9 Å². The third-order valence-electron chi connectivity index (χ3n) is 5.73. The zero-order valence-electron chi connectivity index (χ0n) is 19.2. The fraction of sp³-hybridized carbons (Fsp3) is 0.478. The average Bonchev–Trinajstić information content (AvgIpc) is 3.22. The Kier molecular flexibility index (Phi) is 7.89. The summed E-state index contributed by atoms with van der Waals surface area (Å²) in [5.74, 6) is -2.22. The molecule has 2 atom stereocenters. The summed E-state index contributed by atoms with van der Waals surface area (Å²) in [6, 6.07) is 6.03. The van der Waals surface area contributed by atoms with Gasteiger partial charge in [0, 0.05) is 29.4 Å². The van der Waals surface area contributed by atoms with Gasteiger partial charge in [0.05, 0.1) is 12.6 Å². The number of aromatic nitrogens is 1. The van der Waals surface area contributed by atoms with Crippen molar-refractivity contribution < 1.29 is 32.3 Å². The zero-order chi connectivity index (χ0) is 25.8. The Balaban J connectivity index is 1.69. The number of amides is 3. The molecule has 1 aromatic carbocycles. The van der Waals surface area contributed by atoms with Gasteiger partial charge in [-0.25, -0.2) is 0 Å². The van der Waals surface area contributed by atoms with Gasteiger partial charge < -0.3 is 25.3 Å². The van der Waals surface area contributed by atoms with Crippen LogP contribution in [-0.2, 0) is 9.59 Å². The van der Waals surface area contributed by atoms with Crippen molar-refractivity contribution in [2.24, 2.45) is 5.92 Å². The van der Waals surface area contributed by atoms with Gasteiger partial charge in [-0.2, -0.15) is 5.26 Å². The number of benzene rings is 1. The van der Waals surface area contributed by atoms with Gasteiger partial charge in [0.2, 0.25) is 11.8 Å². The lowest BCUT2D eigenvalue weighted by molar-refractivity contribution is -0.274. The van der Waals surface area contributed by atoms with Crippen molar-refractivity contribution >= 4 is 28.6 Å². The number of rotatable bonds is 8. The number of fused-ring (bicyclic) bond motifs is 1. The number of carbonyl (C=O) groups excluding carboxylic acids is 3. The summed E-state index contributed by atoms with van der Waals surface area (Å²) in [4.78, 5) is 41.7. The number of hydrogen-bond donors (Lipinski definition) is 3. The number of nitriles is 1. The number of piperidine rings is 1. The summed E-state index contributed by atoms with van der Waals surface area (Å²) >= 11 is 0. The molecule has 3 amide bonds. The molecule has 0 spiro atoms. The fourth-order valence-electron chi connectivity index (χ4n) is 4.19. The molecule has 1 aliphatic heterocycles. The van der Waals surface area contributed by atoms with Gasteiger partial charge >= 0.3 is 6.36 Å². The third-order valence-corrected chi connectivity index (χ3v) is 5.73. The van der Waals surface area contributed by atoms with Crippen molar-refractivity contribution in [3.8, 4) is 11.8 Å². The molecular formula is C23H26F3N5O4. The van der Waals surface area contributed by atoms with Crippen LogP contribution < -0.4 is 15.4 Å². The lowest BCUT2D eigenvalue weighted by Crippen LogP contribution is -2.50. The van der Waals surface area contributed by atoms with E-state index in [1.165, 1.54) is 23.1 Å². The minimum atomic E-state index is -4.89. The van der Waals surface area contributed by atoms with Gasteiger partial charge in [-0.05, 0) is 51.3 Å². The highest BCUT2D eigenvalue weighted by Crippen LogP contribution is 2.31. The van der Waals surface area contributed by atoms with Crippen LogP contribution in [0.2, 0.25) is 0 Å². The normalized spacial score (nSPS) is 16.9. The largest absolute Gasteiger partial charge is 0.573 e. The van der Waals surface area contributed by atoms with Crippen LogP contribution in [0.1, 0.15) is 43.6 Å². The highest BCUT2D eigenvalue weighted by Gasteiger charge is 2.33. The molecular weight excluding hydrogens is 467 g/mol. The van der Waals surface area contributed by atoms with Crippen LogP contribution in [-0.4, -0.2) is 59.1 Å². The number of alkyl halides is 3. The highest BCUT2D eigenvalue weighted by molar-refractivity contribution is 6.00. The first-order valence-corrected chi connectivity index (χ1v) is 11.1. The topological polar surface area (TPSA) is 127 Å². The smallest absolute Gasteiger partial charge is 0.405 e. The Morgan fingerprint density at radius 2 is 2.09 bits per heavy atom. The van der Waals surface area contributed by atoms with E-state index in [4.69, 9.17) is 0 Å². The van der Waals surface area contributed by atoms with Crippen molar-refractivity contribution in [2.75, 3.05) is 13.1 Å². The SMILES string of the molecule is CC(C)N(C(=O)CNC(=O)c1cc2c(OC(F)(F)F)cccc2[nH]1)[C@H](C#N)C[C@@H]1CCCNC1=O. The van der Waals surface area contributed by atoms with Gasteiger partial charge in [-0.15, -0.1) is 13.2 Å². The molecule has 12 heteroatoms. The minimum absolute atomic E-state index is 0.0559. The molecule has 1 aliphatic rings. The minimum Gasteiger partial charge on any atom is -0.405 e. The Labute approximate surface area is 199 Å². The van der Waals surface area contributed by atoms with Crippen molar-refractivity contribution in [1.29, 1.82) is 5.26 Å². The van der Waals surface area contributed by atoms with Crippen LogP contribution in [0.15, 0.2) is 24.3 Å². The standard InChI is InChI=1S/C23H26F3N5O4/c1-13(2)31(15(11-27)9-14-5-4-8-28-21(14)33)20(32)12-29-22(34)18-10-16-17(30-18)6-3-7-19(16)35-23(24,25)26/h3,6-7,10,13-15,30H,4-5,8-9,12H2,1-2H3,(H,28,33)(H,29,34)/t14-,15-/m0/s1. The summed E-state index contributed by atoms with van der Waals surface area (Å²) in [5.41, 5.74) is 0.195. The molecule has 1 saturated heterocycles.